The molecule has 0 fully saturated rings. The fourth-order valence-corrected chi connectivity index (χ4v) is 2.45. The first kappa shape index (κ1) is 14.8. The van der Waals surface area contributed by atoms with E-state index in [1.807, 2.05) is 11.8 Å². The topological polar surface area (TPSA) is 71.2 Å². The average Bonchev–Trinajstić information content (AvgIpc) is 2.73. The first-order valence-electron chi connectivity index (χ1n) is 6.53. The van der Waals surface area contributed by atoms with Crippen molar-refractivity contribution in [2.45, 2.75) is 6.92 Å². The van der Waals surface area contributed by atoms with Crippen LogP contribution in [0.25, 0.3) is 11.0 Å². The van der Waals surface area contributed by atoms with Crippen molar-refractivity contribution in [3.63, 3.8) is 0 Å². The van der Waals surface area contributed by atoms with E-state index in [0.717, 1.165) is 11.1 Å². The average molecular weight is 286 g/mol. The van der Waals surface area contributed by atoms with Gasteiger partial charge in [0.2, 0.25) is 0 Å². The number of anilines is 1. The van der Waals surface area contributed by atoms with Crippen LogP contribution in [0.3, 0.4) is 0 Å². The van der Waals surface area contributed by atoms with E-state index in [1.54, 1.807) is 23.9 Å². The van der Waals surface area contributed by atoms with Gasteiger partial charge in [-0.2, -0.15) is 5.10 Å². The summed E-state index contributed by atoms with van der Waals surface area (Å²) in [6.45, 7) is 10.3. The van der Waals surface area contributed by atoms with E-state index >= 15 is 0 Å². The Kier molecular flexibility index (Phi) is 4.07. The molecule has 0 aliphatic rings. The van der Waals surface area contributed by atoms with Gasteiger partial charge < -0.3 is 10.0 Å². The molecule has 2 aromatic heterocycles. The Bertz CT molecular complexity index is 708. The molecule has 0 aliphatic heterocycles. The minimum absolute atomic E-state index is 0.155. The van der Waals surface area contributed by atoms with Crippen molar-refractivity contribution in [1.29, 1.82) is 0 Å². The molecule has 0 aromatic carbocycles. The van der Waals surface area contributed by atoms with E-state index in [4.69, 9.17) is 0 Å². The number of hydrogen-bond donors (Lipinski definition) is 1. The van der Waals surface area contributed by atoms with E-state index in [2.05, 4.69) is 23.2 Å². The molecular formula is C15H18N4O2. The first-order valence-corrected chi connectivity index (χ1v) is 6.53. The molecule has 21 heavy (non-hydrogen) atoms. The zero-order valence-corrected chi connectivity index (χ0v) is 12.2. The van der Waals surface area contributed by atoms with Crippen LogP contribution in [0.2, 0.25) is 0 Å². The zero-order valence-electron chi connectivity index (χ0n) is 12.2. The fraction of sp³-hybridized carbons (Fsp3) is 0.267. The molecule has 110 valence electrons. The molecule has 2 aromatic rings. The number of fused-ring (bicyclic) bond motifs is 1. The van der Waals surface area contributed by atoms with Crippen LogP contribution in [0, 0.1) is 6.92 Å². The van der Waals surface area contributed by atoms with Gasteiger partial charge in [0.15, 0.2) is 5.65 Å². The maximum absolute atomic E-state index is 11.6. The molecule has 2 rings (SSSR count). The number of nitrogens with zero attached hydrogens (tertiary/aromatic N) is 4. The third kappa shape index (κ3) is 2.52. The smallest absolute Gasteiger partial charge is 0.339 e. The third-order valence-corrected chi connectivity index (χ3v) is 3.25. The maximum Gasteiger partial charge on any atom is 0.339 e. The molecule has 0 spiro atoms. The lowest BCUT2D eigenvalue weighted by Crippen LogP contribution is -2.26. The fourth-order valence-electron chi connectivity index (χ4n) is 2.45. The molecule has 0 aliphatic carbocycles. The summed E-state index contributed by atoms with van der Waals surface area (Å²) >= 11 is 0. The number of hydrogen-bond acceptors (Lipinski definition) is 4. The van der Waals surface area contributed by atoms with Crippen LogP contribution in [-0.4, -0.2) is 38.9 Å². The Balaban J connectivity index is 2.82. The summed E-state index contributed by atoms with van der Waals surface area (Å²) in [5, 5.41) is 14.6. The molecule has 0 amide bonds. The molecule has 0 bridgehead atoms. The molecule has 0 saturated carbocycles. The molecule has 2 heterocycles. The second-order valence-electron chi connectivity index (χ2n) is 4.72. The maximum atomic E-state index is 11.6. The van der Waals surface area contributed by atoms with Crippen LogP contribution >= 0.6 is 0 Å². The Morgan fingerprint density at radius 3 is 2.57 bits per heavy atom. The van der Waals surface area contributed by atoms with Crippen LogP contribution in [-0.2, 0) is 7.05 Å². The van der Waals surface area contributed by atoms with Gasteiger partial charge in [-0.1, -0.05) is 12.2 Å². The minimum atomic E-state index is -1.01. The predicted molar refractivity (Wildman–Crippen MR) is 82.8 cm³/mol. The van der Waals surface area contributed by atoms with Gasteiger partial charge in [-0.05, 0) is 6.92 Å². The number of aromatic carboxylic acids is 1. The van der Waals surface area contributed by atoms with E-state index in [1.165, 1.54) is 6.20 Å². The standard InChI is InChI=1S/C15H18N4O2/c1-5-7-19(8-6-2)13-11(15(20)21)9-16-14-12(13)10(3)17-18(14)4/h5-6,9H,1-2,7-8H2,3-4H3,(H,20,21). The summed E-state index contributed by atoms with van der Waals surface area (Å²) < 4.78 is 1.65. The minimum Gasteiger partial charge on any atom is -0.478 e. The lowest BCUT2D eigenvalue weighted by atomic mass is 10.1. The van der Waals surface area contributed by atoms with Crippen LogP contribution in [0.15, 0.2) is 31.5 Å². The first-order chi connectivity index (χ1) is 10.0. The van der Waals surface area contributed by atoms with E-state index in [-0.39, 0.29) is 5.56 Å². The number of pyridine rings is 1. The molecule has 0 saturated heterocycles. The highest BCUT2D eigenvalue weighted by Gasteiger charge is 2.22. The summed E-state index contributed by atoms with van der Waals surface area (Å²) in [7, 11) is 1.79. The second kappa shape index (κ2) is 5.78. The third-order valence-electron chi connectivity index (χ3n) is 3.25. The number of rotatable bonds is 6. The highest BCUT2D eigenvalue weighted by Crippen LogP contribution is 2.31. The molecule has 0 radical (unpaired) electrons. The van der Waals surface area contributed by atoms with Gasteiger partial charge >= 0.3 is 5.97 Å². The number of carboxylic acids is 1. The molecule has 0 atom stereocenters. The summed E-state index contributed by atoms with van der Waals surface area (Å²) in [6, 6.07) is 0. The van der Waals surface area contributed by atoms with Crippen molar-refractivity contribution in [1.82, 2.24) is 14.8 Å². The highest BCUT2D eigenvalue weighted by molar-refractivity contribution is 6.04. The molecule has 0 unspecified atom stereocenters. The van der Waals surface area contributed by atoms with Gasteiger partial charge in [0.25, 0.3) is 0 Å². The predicted octanol–water partition coefficient (Wildman–Crippen LogP) is 2.15. The molecule has 1 N–H and O–H groups in total. The summed E-state index contributed by atoms with van der Waals surface area (Å²) in [5.74, 6) is -1.01. The van der Waals surface area contributed by atoms with Crippen LogP contribution in [0.1, 0.15) is 16.1 Å². The Morgan fingerprint density at radius 1 is 1.43 bits per heavy atom. The molecule has 6 heteroatoms. The quantitative estimate of drug-likeness (QED) is 0.824. The lowest BCUT2D eigenvalue weighted by molar-refractivity contribution is 0.0697. The lowest BCUT2D eigenvalue weighted by Gasteiger charge is -2.24. The van der Waals surface area contributed by atoms with Crippen molar-refractivity contribution in [2.24, 2.45) is 7.05 Å². The number of aromatic nitrogens is 3. The Morgan fingerprint density at radius 2 is 2.05 bits per heavy atom. The van der Waals surface area contributed by atoms with Gasteiger partial charge in [-0.15, -0.1) is 13.2 Å². The molecule has 6 nitrogen and oxygen atoms in total. The van der Waals surface area contributed by atoms with Gasteiger partial charge in [0, 0.05) is 26.3 Å². The monoisotopic (exact) mass is 286 g/mol. The van der Waals surface area contributed by atoms with Crippen molar-refractivity contribution in [2.75, 3.05) is 18.0 Å². The van der Waals surface area contributed by atoms with Crippen molar-refractivity contribution in [3.8, 4) is 0 Å². The van der Waals surface area contributed by atoms with Gasteiger partial charge in [0.1, 0.15) is 5.56 Å². The number of carboxylic acid groups (broad SMARTS) is 1. The highest BCUT2D eigenvalue weighted by atomic mass is 16.4. The van der Waals surface area contributed by atoms with Gasteiger partial charge in [-0.25, -0.2) is 9.78 Å². The Labute approximate surface area is 123 Å². The Hall–Kier alpha value is -2.63. The van der Waals surface area contributed by atoms with Crippen LogP contribution in [0.4, 0.5) is 5.69 Å². The van der Waals surface area contributed by atoms with E-state index in [0.29, 0.717) is 24.4 Å². The van der Waals surface area contributed by atoms with Gasteiger partial charge in [0.05, 0.1) is 16.8 Å². The summed E-state index contributed by atoms with van der Waals surface area (Å²) in [5.41, 5.74) is 2.17. The number of carbonyl (C=O) groups is 1. The van der Waals surface area contributed by atoms with Crippen LogP contribution < -0.4 is 4.90 Å². The SMILES string of the molecule is C=CCN(CC=C)c1c(C(=O)O)cnc2c1c(C)nn2C. The summed E-state index contributed by atoms with van der Waals surface area (Å²) in [4.78, 5) is 17.7. The van der Waals surface area contributed by atoms with Gasteiger partial charge in [-0.3, -0.25) is 4.68 Å². The molecular weight excluding hydrogens is 268 g/mol. The largest absolute Gasteiger partial charge is 0.478 e. The normalized spacial score (nSPS) is 10.6. The second-order valence-corrected chi connectivity index (χ2v) is 4.72. The number of aryl methyl sites for hydroxylation is 2. The van der Waals surface area contributed by atoms with Crippen LogP contribution in [0.5, 0.6) is 0 Å². The van der Waals surface area contributed by atoms with Crippen molar-refractivity contribution >= 4 is 22.7 Å². The summed E-state index contributed by atoms with van der Waals surface area (Å²) in [6.07, 6.45) is 4.83. The van der Waals surface area contributed by atoms with Crippen molar-refractivity contribution < 1.29 is 9.90 Å². The van der Waals surface area contributed by atoms with Crippen molar-refractivity contribution in [3.05, 3.63) is 42.8 Å². The van der Waals surface area contributed by atoms with E-state index < -0.39 is 5.97 Å². The zero-order chi connectivity index (χ0) is 15.6. The van der Waals surface area contributed by atoms with E-state index in [9.17, 15) is 9.90 Å².